The van der Waals surface area contributed by atoms with E-state index in [4.69, 9.17) is 5.73 Å². The van der Waals surface area contributed by atoms with E-state index in [0.29, 0.717) is 15.7 Å². The maximum absolute atomic E-state index is 12.2. The molecule has 0 aliphatic rings. The van der Waals surface area contributed by atoms with Crippen molar-refractivity contribution < 1.29 is 22.7 Å². The van der Waals surface area contributed by atoms with Crippen LogP contribution in [-0.2, 0) is 0 Å². The molecule has 0 aliphatic heterocycles. The fourth-order valence-electron chi connectivity index (χ4n) is 1.67. The summed E-state index contributed by atoms with van der Waals surface area (Å²) in [4.78, 5) is 12.2. The van der Waals surface area contributed by atoms with E-state index in [9.17, 15) is 18.0 Å². The number of carbonyl (C=O) groups excluding carboxylic acids is 1. The highest BCUT2D eigenvalue weighted by Gasteiger charge is 2.31. The molecular weight excluding hydrogens is 351 g/mol. The van der Waals surface area contributed by atoms with Crippen LogP contribution in [0.1, 0.15) is 15.9 Å². The van der Waals surface area contributed by atoms with E-state index >= 15 is 0 Å². The highest BCUT2D eigenvalue weighted by atomic mass is 79.9. The molecule has 2 rings (SSSR count). The van der Waals surface area contributed by atoms with Gasteiger partial charge in [-0.1, -0.05) is 12.1 Å². The number of nitrogen functional groups attached to an aromatic ring is 1. The van der Waals surface area contributed by atoms with E-state index in [0.717, 1.165) is 12.1 Å². The fraction of sp³-hybridized carbons (Fsp3) is 0.0714. The van der Waals surface area contributed by atoms with Crippen molar-refractivity contribution in [3.63, 3.8) is 0 Å². The van der Waals surface area contributed by atoms with Gasteiger partial charge >= 0.3 is 6.36 Å². The van der Waals surface area contributed by atoms with Crippen molar-refractivity contribution in [3.8, 4) is 5.75 Å². The van der Waals surface area contributed by atoms with E-state index < -0.39 is 17.9 Å². The Hall–Kier alpha value is -2.02. The number of anilines is 1. The van der Waals surface area contributed by atoms with Gasteiger partial charge in [-0.05, 0) is 46.3 Å². The second-order valence-corrected chi connectivity index (χ2v) is 5.00. The molecule has 0 saturated heterocycles. The van der Waals surface area contributed by atoms with Crippen LogP contribution in [0.3, 0.4) is 0 Å². The van der Waals surface area contributed by atoms with Gasteiger partial charge in [0.05, 0.1) is 0 Å². The molecular formula is C14H9BrF3NO2. The molecule has 2 aromatic rings. The van der Waals surface area contributed by atoms with Crippen molar-refractivity contribution >= 4 is 27.4 Å². The van der Waals surface area contributed by atoms with Crippen molar-refractivity contribution in [1.29, 1.82) is 0 Å². The standard InChI is InChI=1S/C14H9BrF3NO2/c15-11-7-9(4-5-12(11)19)13(20)8-2-1-3-10(6-8)21-14(16,17)18/h1-7H,19H2. The van der Waals surface area contributed by atoms with Crippen molar-refractivity contribution in [3.05, 3.63) is 58.1 Å². The van der Waals surface area contributed by atoms with E-state index in [2.05, 4.69) is 20.7 Å². The summed E-state index contributed by atoms with van der Waals surface area (Å²) in [5, 5.41) is 0. The second kappa shape index (κ2) is 5.77. The third kappa shape index (κ3) is 3.98. The largest absolute Gasteiger partial charge is 0.573 e. The highest BCUT2D eigenvalue weighted by molar-refractivity contribution is 9.10. The predicted octanol–water partition coefficient (Wildman–Crippen LogP) is 4.16. The summed E-state index contributed by atoms with van der Waals surface area (Å²) in [6, 6.07) is 9.45. The number of carbonyl (C=O) groups is 1. The number of hydrogen-bond acceptors (Lipinski definition) is 3. The zero-order chi connectivity index (χ0) is 15.6. The van der Waals surface area contributed by atoms with Gasteiger partial charge in [-0.15, -0.1) is 13.2 Å². The lowest BCUT2D eigenvalue weighted by Crippen LogP contribution is -2.17. The molecule has 7 heteroatoms. The topological polar surface area (TPSA) is 52.3 Å². The van der Waals surface area contributed by atoms with Crippen LogP contribution in [0.2, 0.25) is 0 Å². The molecule has 0 atom stereocenters. The molecule has 2 N–H and O–H groups in total. The van der Waals surface area contributed by atoms with Gasteiger partial charge in [0.25, 0.3) is 0 Å². The first kappa shape index (κ1) is 15.4. The molecule has 0 unspecified atom stereocenters. The minimum atomic E-state index is -4.80. The Morgan fingerprint density at radius 2 is 1.76 bits per heavy atom. The SMILES string of the molecule is Nc1ccc(C(=O)c2cccc(OC(F)(F)F)c2)cc1Br. The van der Waals surface area contributed by atoms with Gasteiger partial charge in [-0.25, -0.2) is 0 Å². The lowest BCUT2D eigenvalue weighted by Gasteiger charge is -2.10. The number of benzene rings is 2. The van der Waals surface area contributed by atoms with Crippen molar-refractivity contribution in [2.45, 2.75) is 6.36 Å². The van der Waals surface area contributed by atoms with Crippen LogP contribution in [0.15, 0.2) is 46.9 Å². The third-order valence-electron chi connectivity index (χ3n) is 2.59. The summed E-state index contributed by atoms with van der Waals surface area (Å²) in [6.45, 7) is 0. The van der Waals surface area contributed by atoms with E-state index in [1.165, 1.54) is 30.3 Å². The average Bonchev–Trinajstić information content (AvgIpc) is 2.39. The van der Waals surface area contributed by atoms with Crippen molar-refractivity contribution in [2.24, 2.45) is 0 Å². The molecule has 0 radical (unpaired) electrons. The van der Waals surface area contributed by atoms with E-state index in [1.54, 1.807) is 0 Å². The zero-order valence-electron chi connectivity index (χ0n) is 10.4. The summed E-state index contributed by atoms with van der Waals surface area (Å²) in [6.07, 6.45) is -4.80. The quantitative estimate of drug-likeness (QED) is 0.661. The fourth-order valence-corrected chi connectivity index (χ4v) is 2.05. The molecule has 0 heterocycles. The number of alkyl halides is 3. The van der Waals surface area contributed by atoms with Crippen molar-refractivity contribution in [1.82, 2.24) is 0 Å². The molecule has 0 spiro atoms. The molecule has 0 bridgehead atoms. The van der Waals surface area contributed by atoms with Gasteiger partial charge in [-0.2, -0.15) is 0 Å². The van der Waals surface area contributed by atoms with Gasteiger partial charge in [0, 0.05) is 21.3 Å². The van der Waals surface area contributed by atoms with E-state index in [1.807, 2.05) is 0 Å². The van der Waals surface area contributed by atoms with E-state index in [-0.39, 0.29) is 5.56 Å². The molecule has 0 saturated carbocycles. The minimum Gasteiger partial charge on any atom is -0.406 e. The molecule has 110 valence electrons. The normalized spacial score (nSPS) is 11.2. The Morgan fingerprint density at radius 1 is 1.10 bits per heavy atom. The summed E-state index contributed by atoms with van der Waals surface area (Å²) in [5.41, 5.74) is 6.47. The Morgan fingerprint density at radius 3 is 2.38 bits per heavy atom. The smallest absolute Gasteiger partial charge is 0.406 e. The van der Waals surface area contributed by atoms with Gasteiger partial charge < -0.3 is 10.5 Å². The van der Waals surface area contributed by atoms with Crippen LogP contribution in [0.4, 0.5) is 18.9 Å². The lowest BCUT2D eigenvalue weighted by atomic mass is 10.0. The molecule has 21 heavy (non-hydrogen) atoms. The molecule has 0 aliphatic carbocycles. The molecule has 2 aromatic carbocycles. The summed E-state index contributed by atoms with van der Waals surface area (Å²) < 4.78 is 40.8. The number of ether oxygens (including phenoxy) is 1. The van der Waals surface area contributed by atoms with Crippen LogP contribution in [0, 0.1) is 0 Å². The maximum Gasteiger partial charge on any atom is 0.573 e. The van der Waals surface area contributed by atoms with Crippen LogP contribution in [0.5, 0.6) is 5.75 Å². The van der Waals surface area contributed by atoms with Gasteiger partial charge in [-0.3, -0.25) is 4.79 Å². The Labute approximate surface area is 126 Å². The lowest BCUT2D eigenvalue weighted by molar-refractivity contribution is -0.274. The van der Waals surface area contributed by atoms with Gasteiger partial charge in [0.1, 0.15) is 5.75 Å². The number of halogens is 4. The minimum absolute atomic E-state index is 0.0911. The monoisotopic (exact) mass is 359 g/mol. The predicted molar refractivity (Wildman–Crippen MR) is 75.1 cm³/mol. The summed E-state index contributed by atoms with van der Waals surface area (Å²) >= 11 is 3.19. The Bertz CT molecular complexity index is 686. The average molecular weight is 360 g/mol. The van der Waals surface area contributed by atoms with Gasteiger partial charge in [0.15, 0.2) is 5.78 Å². The van der Waals surface area contributed by atoms with Crippen LogP contribution in [0.25, 0.3) is 0 Å². The third-order valence-corrected chi connectivity index (χ3v) is 3.28. The number of rotatable bonds is 3. The first-order valence-electron chi connectivity index (χ1n) is 5.72. The Kier molecular flexibility index (Phi) is 4.22. The molecule has 0 amide bonds. The van der Waals surface area contributed by atoms with Crippen LogP contribution >= 0.6 is 15.9 Å². The zero-order valence-corrected chi connectivity index (χ0v) is 12.0. The Balaban J connectivity index is 2.31. The highest BCUT2D eigenvalue weighted by Crippen LogP contribution is 2.26. The van der Waals surface area contributed by atoms with Gasteiger partial charge in [0.2, 0.25) is 0 Å². The van der Waals surface area contributed by atoms with Crippen LogP contribution < -0.4 is 10.5 Å². The maximum atomic E-state index is 12.2. The molecule has 0 fully saturated rings. The first-order valence-corrected chi connectivity index (χ1v) is 6.51. The molecule has 3 nitrogen and oxygen atoms in total. The summed E-state index contributed by atoms with van der Waals surface area (Å²) in [7, 11) is 0. The van der Waals surface area contributed by atoms with Crippen LogP contribution in [-0.4, -0.2) is 12.1 Å². The number of nitrogens with two attached hydrogens (primary N) is 1. The van der Waals surface area contributed by atoms with Crippen molar-refractivity contribution in [2.75, 3.05) is 5.73 Å². The second-order valence-electron chi connectivity index (χ2n) is 4.14. The number of ketones is 1. The molecule has 0 aromatic heterocycles. The summed E-state index contributed by atoms with van der Waals surface area (Å²) in [5.74, 6) is -0.869. The number of hydrogen-bond donors (Lipinski definition) is 1. The first-order chi connectivity index (χ1) is 9.76.